The Balaban J connectivity index is 1.29. The van der Waals surface area contributed by atoms with Crippen LogP contribution in [0.3, 0.4) is 0 Å². The summed E-state index contributed by atoms with van der Waals surface area (Å²) in [6.45, 7) is 4.32. The van der Waals surface area contributed by atoms with Gasteiger partial charge in [-0.1, -0.05) is 49.6 Å². The van der Waals surface area contributed by atoms with E-state index in [2.05, 4.69) is 76.0 Å². The van der Waals surface area contributed by atoms with Gasteiger partial charge in [-0.25, -0.2) is 0 Å². The summed E-state index contributed by atoms with van der Waals surface area (Å²) in [5.41, 5.74) is 5.86. The zero-order valence-electron chi connectivity index (χ0n) is 26.6. The Bertz CT molecular complexity index is 1450. The number of ether oxygens (including phenoxy) is 1. The molecule has 3 aliphatic carbocycles. The van der Waals surface area contributed by atoms with E-state index in [4.69, 9.17) is 4.74 Å². The second-order valence-corrected chi connectivity index (χ2v) is 13.5. The summed E-state index contributed by atoms with van der Waals surface area (Å²) >= 11 is 0. The Kier molecular flexibility index (Phi) is 9.39. The number of hydrogen-bond donors (Lipinski definition) is 2. The Morgan fingerprint density at radius 3 is 2.55 bits per heavy atom. The summed E-state index contributed by atoms with van der Waals surface area (Å²) in [6, 6.07) is 15.7. The molecule has 0 aliphatic heterocycles. The highest BCUT2D eigenvalue weighted by Gasteiger charge is 2.37. The number of hydrogen-bond acceptors (Lipinski definition) is 4. The first kappa shape index (κ1) is 30.4. The molecule has 3 aliphatic rings. The van der Waals surface area contributed by atoms with E-state index in [0.717, 1.165) is 72.9 Å². The number of carbonyl (C=O) groups is 2. The Hall–Kier alpha value is -3.61. The van der Waals surface area contributed by atoms with Crippen molar-refractivity contribution in [3.05, 3.63) is 71.5 Å². The van der Waals surface area contributed by atoms with Gasteiger partial charge in [0.1, 0.15) is 5.75 Å². The molecule has 0 radical (unpaired) electrons. The first-order valence-electron chi connectivity index (χ1n) is 16.7. The molecule has 4 atom stereocenters. The van der Waals surface area contributed by atoms with Crippen LogP contribution in [-0.2, 0) is 9.59 Å². The predicted octanol–water partition coefficient (Wildman–Crippen LogP) is 7.28. The van der Waals surface area contributed by atoms with Gasteiger partial charge in [-0.2, -0.15) is 5.10 Å². The summed E-state index contributed by atoms with van der Waals surface area (Å²) in [5.74, 6) is 2.05. The molecule has 2 N–H and O–H groups in total. The van der Waals surface area contributed by atoms with Crippen LogP contribution in [0.25, 0.3) is 11.1 Å². The summed E-state index contributed by atoms with van der Waals surface area (Å²) in [5, 5.41) is 11.3. The average Bonchev–Trinajstić information content (AvgIpc) is 3.78. The molecular formula is C37H48N4O3. The number of benzene rings is 2. The molecule has 3 saturated carbocycles. The maximum absolute atomic E-state index is 13.8. The zero-order valence-corrected chi connectivity index (χ0v) is 26.6. The Labute approximate surface area is 262 Å². The minimum atomic E-state index is -0.0822. The molecular weight excluding hydrogens is 548 g/mol. The molecule has 1 heterocycles. The molecule has 7 heteroatoms. The van der Waals surface area contributed by atoms with Crippen LogP contribution in [0.4, 0.5) is 0 Å². The number of aromatic nitrogens is 2. The lowest BCUT2D eigenvalue weighted by molar-refractivity contribution is -0.127. The SMILES string of the molecule is COc1ccc(C2CCC(C(NC(=O)C3CCCCC3)c3cccc(-c4cnn(C5CC5)c4)c3)CC2CNC(C)=O)cc1C. The molecule has 2 amide bonds. The number of nitrogens with zero attached hydrogens (tertiary/aromatic N) is 2. The smallest absolute Gasteiger partial charge is 0.223 e. The third-order valence-electron chi connectivity index (χ3n) is 10.3. The maximum Gasteiger partial charge on any atom is 0.223 e. The third kappa shape index (κ3) is 7.03. The van der Waals surface area contributed by atoms with Gasteiger partial charge in [-0.15, -0.1) is 0 Å². The van der Waals surface area contributed by atoms with Gasteiger partial charge in [-0.05, 0) is 104 Å². The zero-order chi connectivity index (χ0) is 30.6. The quantitative estimate of drug-likeness (QED) is 0.258. The van der Waals surface area contributed by atoms with Crippen LogP contribution in [-0.4, -0.2) is 35.2 Å². The molecule has 0 bridgehead atoms. The van der Waals surface area contributed by atoms with Crippen LogP contribution in [0.2, 0.25) is 0 Å². The van der Waals surface area contributed by atoms with E-state index >= 15 is 0 Å². The lowest BCUT2D eigenvalue weighted by Crippen LogP contribution is -2.42. The van der Waals surface area contributed by atoms with Crippen LogP contribution in [0.15, 0.2) is 54.9 Å². The van der Waals surface area contributed by atoms with Crippen molar-refractivity contribution >= 4 is 11.8 Å². The van der Waals surface area contributed by atoms with Gasteiger partial charge >= 0.3 is 0 Å². The number of carbonyl (C=O) groups excluding carboxylic acids is 2. The summed E-state index contributed by atoms with van der Waals surface area (Å²) < 4.78 is 7.63. The molecule has 1 aromatic heterocycles. The highest BCUT2D eigenvalue weighted by Crippen LogP contribution is 2.46. The largest absolute Gasteiger partial charge is 0.496 e. The van der Waals surface area contributed by atoms with Crippen molar-refractivity contribution in [3.8, 4) is 16.9 Å². The Morgan fingerprint density at radius 2 is 1.82 bits per heavy atom. The Morgan fingerprint density at radius 1 is 1.00 bits per heavy atom. The molecule has 3 fully saturated rings. The fourth-order valence-corrected chi connectivity index (χ4v) is 7.72. The van der Waals surface area contributed by atoms with Crippen LogP contribution in [0.1, 0.15) is 106 Å². The normalized spacial score (nSPS) is 23.1. The van der Waals surface area contributed by atoms with Crippen molar-refractivity contribution in [1.82, 2.24) is 20.4 Å². The highest BCUT2D eigenvalue weighted by atomic mass is 16.5. The van der Waals surface area contributed by atoms with Crippen molar-refractivity contribution in [2.24, 2.45) is 17.8 Å². The summed E-state index contributed by atoms with van der Waals surface area (Å²) in [7, 11) is 1.71. The summed E-state index contributed by atoms with van der Waals surface area (Å²) in [4.78, 5) is 25.8. The van der Waals surface area contributed by atoms with Crippen molar-refractivity contribution in [1.29, 1.82) is 0 Å². The van der Waals surface area contributed by atoms with Crippen LogP contribution in [0.5, 0.6) is 5.75 Å². The molecule has 7 nitrogen and oxygen atoms in total. The predicted molar refractivity (Wildman–Crippen MR) is 173 cm³/mol. The number of nitrogens with one attached hydrogen (secondary N) is 2. The minimum Gasteiger partial charge on any atom is -0.496 e. The van der Waals surface area contributed by atoms with Crippen molar-refractivity contribution in [2.75, 3.05) is 13.7 Å². The van der Waals surface area contributed by atoms with Gasteiger partial charge < -0.3 is 15.4 Å². The van der Waals surface area contributed by atoms with Crippen molar-refractivity contribution in [2.45, 2.75) is 96.1 Å². The third-order valence-corrected chi connectivity index (χ3v) is 10.3. The highest BCUT2D eigenvalue weighted by molar-refractivity contribution is 5.79. The van der Waals surface area contributed by atoms with Gasteiger partial charge in [0.05, 0.1) is 25.4 Å². The van der Waals surface area contributed by atoms with E-state index in [-0.39, 0.29) is 35.6 Å². The average molecular weight is 597 g/mol. The molecule has 2 aromatic carbocycles. The first-order valence-corrected chi connectivity index (χ1v) is 16.7. The van der Waals surface area contributed by atoms with E-state index in [1.165, 1.54) is 24.8 Å². The van der Waals surface area contributed by atoms with Crippen molar-refractivity contribution in [3.63, 3.8) is 0 Å². The first-order chi connectivity index (χ1) is 21.4. The van der Waals surface area contributed by atoms with E-state index in [0.29, 0.717) is 18.5 Å². The molecule has 0 saturated heterocycles. The molecule has 6 rings (SSSR count). The van der Waals surface area contributed by atoms with Crippen LogP contribution >= 0.6 is 0 Å². The van der Waals surface area contributed by atoms with Crippen LogP contribution in [0, 0.1) is 24.7 Å². The topological polar surface area (TPSA) is 85.2 Å². The number of aryl methyl sites for hydroxylation is 1. The van der Waals surface area contributed by atoms with E-state index in [1.54, 1.807) is 14.0 Å². The lowest BCUT2D eigenvalue weighted by atomic mass is 9.68. The molecule has 3 aromatic rings. The molecule has 234 valence electrons. The lowest BCUT2D eigenvalue weighted by Gasteiger charge is -2.41. The van der Waals surface area contributed by atoms with Gasteiger partial charge in [0.2, 0.25) is 11.8 Å². The number of amides is 2. The maximum atomic E-state index is 13.8. The number of methoxy groups -OCH3 is 1. The van der Waals surface area contributed by atoms with Gasteiger partial charge in [0.15, 0.2) is 0 Å². The van der Waals surface area contributed by atoms with Gasteiger partial charge in [0.25, 0.3) is 0 Å². The fourth-order valence-electron chi connectivity index (χ4n) is 7.72. The molecule has 44 heavy (non-hydrogen) atoms. The molecule has 4 unspecified atom stereocenters. The van der Waals surface area contributed by atoms with Gasteiger partial charge in [0, 0.05) is 31.1 Å². The second kappa shape index (κ2) is 13.6. The van der Waals surface area contributed by atoms with Gasteiger partial charge in [-0.3, -0.25) is 14.3 Å². The second-order valence-electron chi connectivity index (χ2n) is 13.5. The summed E-state index contributed by atoms with van der Waals surface area (Å²) in [6.07, 6.45) is 14.9. The fraction of sp³-hybridized carbons (Fsp3) is 0.541. The van der Waals surface area contributed by atoms with Crippen molar-refractivity contribution < 1.29 is 14.3 Å². The molecule has 0 spiro atoms. The van der Waals surface area contributed by atoms with Crippen LogP contribution < -0.4 is 15.4 Å². The van der Waals surface area contributed by atoms with E-state index in [9.17, 15) is 9.59 Å². The number of rotatable bonds is 10. The minimum absolute atomic E-state index is 0.00150. The van der Waals surface area contributed by atoms with E-state index < -0.39 is 0 Å². The monoisotopic (exact) mass is 596 g/mol. The standard InChI is InChI=1S/C37H48N4O3/c1-24-18-28(13-17-35(24)44-3)34-16-12-30(20-31(34)21-38-25(2)42)36(40-37(43)26-8-5-4-6-9-26)29-11-7-10-27(19-29)32-22-39-41(23-32)33-14-15-33/h7,10-11,13,17-19,22-23,26,30-31,33-34,36H,4-6,8-9,12,14-16,20-21H2,1-3H3,(H,38,42)(H,40,43). The van der Waals surface area contributed by atoms with E-state index in [1.807, 2.05) is 6.20 Å².